The molecule has 4 rings (SSSR count). The molecule has 2 unspecified atom stereocenters. The molecule has 0 heterocycles. The lowest BCUT2D eigenvalue weighted by molar-refractivity contribution is -0.138. The zero-order valence-electron chi connectivity index (χ0n) is 32.2. The van der Waals surface area contributed by atoms with Gasteiger partial charge in [-0.15, -0.1) is 9.05 Å². The highest BCUT2D eigenvalue weighted by atomic mass is 35.5. The van der Waals surface area contributed by atoms with Crippen LogP contribution in [0.25, 0.3) is 0 Å². The molecule has 316 valence electrons. The van der Waals surface area contributed by atoms with E-state index in [0.717, 1.165) is 58.0 Å². The fourth-order valence-corrected chi connectivity index (χ4v) is 9.84. The number of aryl methyl sites for hydroxylation is 2. The van der Waals surface area contributed by atoms with Gasteiger partial charge in [0.15, 0.2) is 0 Å². The third kappa shape index (κ3) is 15.6. The molecule has 0 aromatic heterocycles. The quantitative estimate of drug-likeness (QED) is 0.0600. The second-order valence-electron chi connectivity index (χ2n) is 14.5. The summed E-state index contributed by atoms with van der Waals surface area (Å²) in [4.78, 5) is 2.35. The number of benzene rings is 4. The molecule has 0 saturated heterocycles. The summed E-state index contributed by atoms with van der Waals surface area (Å²) in [6, 6.07) is 21.2. The zero-order chi connectivity index (χ0) is 42.6. The van der Waals surface area contributed by atoms with Crippen LogP contribution in [0.1, 0.15) is 87.5 Å². The van der Waals surface area contributed by atoms with E-state index in [1.165, 1.54) is 35.7 Å². The van der Waals surface area contributed by atoms with E-state index in [2.05, 4.69) is 0 Å². The van der Waals surface area contributed by atoms with Gasteiger partial charge < -0.3 is 11.5 Å². The smallest absolute Gasteiger partial charge is 0.323 e. The molecule has 58 heavy (non-hydrogen) atoms. The summed E-state index contributed by atoms with van der Waals surface area (Å²) in [6.07, 6.45) is -2.35. The fourth-order valence-electron chi connectivity index (χ4n) is 6.53. The topological polar surface area (TPSA) is 87.6 Å². The van der Waals surface area contributed by atoms with Crippen LogP contribution in [0.2, 0.25) is 10.0 Å². The summed E-state index contributed by atoms with van der Waals surface area (Å²) in [5.74, 6) is 0. The van der Waals surface area contributed by atoms with Gasteiger partial charge in [0.05, 0.1) is 11.1 Å². The van der Waals surface area contributed by atoms with Crippen molar-refractivity contribution in [3.63, 3.8) is 0 Å². The van der Waals surface area contributed by atoms with Gasteiger partial charge in [0.25, 0.3) is 0 Å². The van der Waals surface area contributed by atoms with E-state index in [1.807, 2.05) is 38.1 Å². The van der Waals surface area contributed by atoms with Crippen LogP contribution in [0, 0.1) is 0 Å². The fraction of sp³-hybridized carbons (Fsp3) is 0.429. The molecule has 16 heteroatoms. The largest absolute Gasteiger partial charge is 0.697 e. The molecule has 0 radical (unpaired) electrons. The first-order chi connectivity index (χ1) is 27.3. The van der Waals surface area contributed by atoms with E-state index >= 15 is 0 Å². The van der Waals surface area contributed by atoms with E-state index in [-0.39, 0.29) is 13.2 Å². The van der Waals surface area contributed by atoms with Crippen molar-refractivity contribution in [3.8, 4) is 0 Å². The lowest BCUT2D eigenvalue weighted by atomic mass is 9.89. The Morgan fingerprint density at radius 3 is 1.31 bits per heavy atom. The van der Waals surface area contributed by atoms with E-state index in [1.54, 1.807) is 24.3 Å². The third-order valence-electron chi connectivity index (χ3n) is 9.50. The molecule has 4 aromatic rings. The Kier molecular flexibility index (Phi) is 18.3. The first-order valence-electron chi connectivity index (χ1n) is 18.9. The molecule has 4 N–H and O–H groups in total. The Morgan fingerprint density at radius 2 is 0.966 bits per heavy atom. The predicted molar refractivity (Wildman–Crippen MR) is 223 cm³/mol. The molecule has 0 aliphatic heterocycles. The summed E-state index contributed by atoms with van der Waals surface area (Å²) < 4.78 is 103. The number of hydrogen-bond acceptors (Lipinski definition) is 7. The number of rotatable bonds is 22. The molecule has 2 atom stereocenters. The third-order valence-corrected chi connectivity index (χ3v) is 12.8. The molecule has 0 saturated carbocycles. The average Bonchev–Trinajstić information content (AvgIpc) is 3.15. The maximum Gasteiger partial charge on any atom is 0.697 e. The number of nitrogens with two attached hydrogens (primary N) is 2. The van der Waals surface area contributed by atoms with E-state index in [9.17, 15) is 30.9 Å². The van der Waals surface area contributed by atoms with Crippen LogP contribution in [-0.4, -0.2) is 24.3 Å². The summed E-state index contributed by atoms with van der Waals surface area (Å²) in [6.45, 7) is 4.04. The van der Waals surface area contributed by atoms with E-state index in [0.29, 0.717) is 71.2 Å². The van der Waals surface area contributed by atoms with E-state index < -0.39 is 42.8 Å². The molecule has 0 amide bonds. The van der Waals surface area contributed by atoms with Crippen molar-refractivity contribution in [2.45, 2.75) is 121 Å². The number of hydrogen-bond donors (Lipinski definition) is 2. The van der Waals surface area contributed by atoms with E-state index in [4.69, 9.17) is 43.7 Å². The Balaban J connectivity index is 1.23. The van der Waals surface area contributed by atoms with Gasteiger partial charge in [0, 0.05) is 45.3 Å². The van der Waals surface area contributed by atoms with Crippen LogP contribution in [-0.2, 0) is 38.8 Å². The molecule has 0 fully saturated rings. The SMILES string of the molecule is CCCC(N)(CCCc1ccc(Sc2cccc(C(F)(F)F)c2)cc1Cl)CO[P+](=O)OCC(N)(CCC)CCCc1ccc(Sc2cccc(C(F)(F)F)c2)cc1Cl. The average molecular weight is 909 g/mol. The van der Waals surface area contributed by atoms with Crippen LogP contribution in [0.5, 0.6) is 0 Å². The highest BCUT2D eigenvalue weighted by molar-refractivity contribution is 7.99. The standard InChI is InChI=1S/C42H48Cl2F6N2O3PS2/c1-3-19-39(51,21-7-9-29-15-17-35(25-37(29)43)57-33-13-5-11-31(23-33)41(45,46)47)27-54-56(53)55-28-40(52,20-4-2)22-8-10-30-16-18-36(26-38(30)44)58-34-14-6-12-32(24-34)42(48,49)50/h5-6,11-18,23-26H,3-4,7-10,19-22,27-28,51-52H2,1-2H3/q+1. The molecule has 0 aliphatic carbocycles. The Morgan fingerprint density at radius 1 is 0.586 bits per heavy atom. The van der Waals surface area contributed by atoms with Gasteiger partial charge in [-0.3, -0.25) is 0 Å². The lowest BCUT2D eigenvalue weighted by Crippen LogP contribution is -2.45. The molecule has 0 spiro atoms. The highest BCUT2D eigenvalue weighted by Gasteiger charge is 2.35. The minimum absolute atomic E-state index is 0.0161. The molecule has 5 nitrogen and oxygen atoms in total. The molecular weight excluding hydrogens is 860 g/mol. The van der Waals surface area contributed by atoms with Gasteiger partial charge in [0.1, 0.15) is 13.2 Å². The van der Waals surface area contributed by atoms with Crippen molar-refractivity contribution in [2.75, 3.05) is 13.2 Å². The van der Waals surface area contributed by atoms with Crippen molar-refractivity contribution < 1.29 is 40.0 Å². The van der Waals surface area contributed by atoms with Gasteiger partial charge in [-0.1, -0.05) is 97.7 Å². The van der Waals surface area contributed by atoms with Gasteiger partial charge in [-0.25, -0.2) is 0 Å². The summed E-state index contributed by atoms with van der Waals surface area (Å²) >= 11 is 15.5. The number of alkyl halides is 6. The second-order valence-corrected chi connectivity index (χ2v) is 18.5. The lowest BCUT2D eigenvalue weighted by Gasteiger charge is -2.27. The first kappa shape index (κ1) is 48.3. The Labute approximate surface area is 356 Å². The normalized spacial score (nSPS) is 14.6. The zero-order valence-corrected chi connectivity index (χ0v) is 36.3. The van der Waals surface area contributed by atoms with Crippen LogP contribution >= 0.6 is 55.0 Å². The van der Waals surface area contributed by atoms with Crippen molar-refractivity contribution in [2.24, 2.45) is 11.5 Å². The van der Waals surface area contributed by atoms with Crippen LogP contribution in [0.15, 0.2) is 105 Å². The van der Waals surface area contributed by atoms with Crippen LogP contribution in [0.4, 0.5) is 26.3 Å². The van der Waals surface area contributed by atoms with Gasteiger partial charge in [-0.2, -0.15) is 26.3 Å². The summed E-state index contributed by atoms with van der Waals surface area (Å²) in [5, 5.41) is 1.01. The van der Waals surface area contributed by atoms with Gasteiger partial charge in [0.2, 0.25) is 0 Å². The Bertz CT molecular complexity index is 1840. The van der Waals surface area contributed by atoms with Gasteiger partial charge in [-0.05, 0) is 123 Å². The minimum atomic E-state index is -4.42. The molecule has 0 aliphatic rings. The van der Waals surface area contributed by atoms with Crippen molar-refractivity contribution in [3.05, 3.63) is 117 Å². The molecule has 4 aromatic carbocycles. The van der Waals surface area contributed by atoms with Crippen LogP contribution < -0.4 is 11.5 Å². The van der Waals surface area contributed by atoms with Crippen LogP contribution in [0.3, 0.4) is 0 Å². The maximum atomic E-state index is 13.1. The molecule has 0 bridgehead atoms. The predicted octanol–water partition coefficient (Wildman–Crippen LogP) is 14.4. The van der Waals surface area contributed by atoms with Crippen molar-refractivity contribution in [1.82, 2.24) is 0 Å². The van der Waals surface area contributed by atoms with Gasteiger partial charge >= 0.3 is 20.6 Å². The minimum Gasteiger partial charge on any atom is -0.323 e. The monoisotopic (exact) mass is 907 g/mol. The summed E-state index contributed by atoms with van der Waals surface area (Å²) in [7, 11) is -2.51. The Hall–Kier alpha value is -2.32. The molecular formula is C42H48Cl2F6N2O3PS2+. The highest BCUT2D eigenvalue weighted by Crippen LogP contribution is 2.38. The maximum absolute atomic E-state index is 13.1. The first-order valence-corrected chi connectivity index (χ1v) is 22.4. The second kappa shape index (κ2) is 22.0. The van der Waals surface area contributed by atoms with Crippen molar-refractivity contribution in [1.29, 1.82) is 0 Å². The summed E-state index contributed by atoms with van der Waals surface area (Å²) in [5.41, 5.74) is 12.3. The number of halogens is 8. The van der Waals surface area contributed by atoms with Crippen molar-refractivity contribution >= 4 is 55.0 Å².